The number of hydrogen-bond donors (Lipinski definition) is 5. The standard InChI is InChI=1S/NO3.5H3N.H4O7P2/c2-1(3)4;;;;;;1-8(2,3)7-9(4,5)6/h;5*1H3;(H2,1,2,3)(H2,4,5,6)/q-1;;;;;;/p+1. The summed E-state index contributed by atoms with van der Waals surface area (Å²) in [5.74, 6) is 0. The van der Waals surface area contributed by atoms with Gasteiger partial charge in [-0.1, -0.05) is 0 Å². The average Bonchev–Trinajstić information content (AvgIpc) is 1.47. The molecule has 0 fully saturated rings. The SMILES string of the molecule is O=P([O-])([O-])OP(=O)([O-])[O-].O=[N+]([O-])[O-].[NH4+].[NH4+].[NH4+].[NH4+].[NH4+]. The maximum absolute atomic E-state index is 9.32. The minimum absolute atomic E-state index is 0. The molecule has 18 heavy (non-hydrogen) atoms. The fraction of sp³-hybridized carbons (Fsp3) is 0. The highest BCUT2D eigenvalue weighted by molar-refractivity contribution is 7.57. The minimum atomic E-state index is -5.68. The number of phosphoric acid groups is 2. The lowest BCUT2D eigenvalue weighted by atomic mass is 13.1. The van der Waals surface area contributed by atoms with Gasteiger partial charge >= 0.3 is 0 Å². The Kier molecular flexibility index (Phi) is 39.2. The van der Waals surface area contributed by atoms with Gasteiger partial charge < -0.3 is 79.1 Å². The van der Waals surface area contributed by atoms with Crippen molar-refractivity contribution in [2.75, 3.05) is 0 Å². The van der Waals surface area contributed by atoms with Crippen LogP contribution >= 0.6 is 15.6 Å². The van der Waals surface area contributed by atoms with Crippen LogP contribution in [0, 0.1) is 15.3 Å². The average molecular weight is 326 g/mol. The summed E-state index contributed by atoms with van der Waals surface area (Å²) in [5, 5.41) is 14.8. The number of quaternary nitrogens is 5. The molecule has 0 bridgehead atoms. The van der Waals surface area contributed by atoms with Gasteiger partial charge in [0.15, 0.2) is 0 Å². The van der Waals surface area contributed by atoms with Crippen molar-refractivity contribution < 1.29 is 38.1 Å². The Morgan fingerprint density at radius 2 is 0.833 bits per heavy atom. The second-order valence-electron chi connectivity index (χ2n) is 1.20. The molecule has 20 N–H and O–H groups in total. The van der Waals surface area contributed by atoms with Gasteiger partial charge in [-0.15, -0.1) is 0 Å². The molecule has 0 aromatic heterocycles. The van der Waals surface area contributed by atoms with Crippen LogP contribution in [-0.2, 0) is 13.4 Å². The molecule has 16 nitrogen and oxygen atoms in total. The molecule has 0 amide bonds. The third-order valence-electron chi connectivity index (χ3n) is 0.200. The third kappa shape index (κ3) is 112. The van der Waals surface area contributed by atoms with E-state index in [1.54, 1.807) is 0 Å². The van der Waals surface area contributed by atoms with Crippen molar-refractivity contribution in [3.05, 3.63) is 15.3 Å². The molecule has 0 saturated carbocycles. The highest BCUT2D eigenvalue weighted by atomic mass is 31.3. The Labute approximate surface area is 101 Å². The lowest BCUT2D eigenvalue weighted by Crippen LogP contribution is -2.23. The fourth-order valence-corrected chi connectivity index (χ4v) is 1.10. The molecule has 0 aliphatic heterocycles. The van der Waals surface area contributed by atoms with E-state index in [0.29, 0.717) is 0 Å². The van der Waals surface area contributed by atoms with E-state index in [2.05, 4.69) is 4.31 Å². The molecule has 0 aliphatic carbocycles. The highest BCUT2D eigenvalue weighted by Gasteiger charge is 1.92. The van der Waals surface area contributed by atoms with Crippen LogP contribution in [0.2, 0.25) is 0 Å². The Balaban J connectivity index is -0.0000000243. The first-order valence-corrected chi connectivity index (χ1v) is 4.93. The zero-order chi connectivity index (χ0) is 11.3. The zero-order valence-corrected chi connectivity index (χ0v) is 12.2. The van der Waals surface area contributed by atoms with Gasteiger partial charge in [0, 0.05) is 0 Å². The largest absolute Gasteiger partial charge is 0.790 e. The van der Waals surface area contributed by atoms with Crippen molar-refractivity contribution in [2.45, 2.75) is 0 Å². The van der Waals surface area contributed by atoms with Crippen molar-refractivity contribution in [3.8, 4) is 0 Å². The molecule has 0 atom stereocenters. The summed E-state index contributed by atoms with van der Waals surface area (Å²) in [4.78, 5) is 45.5. The Hall–Kier alpha value is -0.740. The topological polar surface area (TPSA) is 384 Å². The van der Waals surface area contributed by atoms with E-state index in [1.165, 1.54) is 0 Å². The smallest absolute Gasteiger partial charge is 0.0689 e. The summed E-state index contributed by atoms with van der Waals surface area (Å²) < 4.78 is 21.2. The maximum Gasteiger partial charge on any atom is 0.0689 e. The molecule has 0 unspecified atom stereocenters. The number of nitrogens with zero attached hydrogens (tertiary/aromatic N) is 1. The van der Waals surface area contributed by atoms with Crippen molar-refractivity contribution in [1.29, 1.82) is 0 Å². The Bertz CT molecular complexity index is 229. The summed E-state index contributed by atoms with van der Waals surface area (Å²) in [5.41, 5.74) is 0. The summed E-state index contributed by atoms with van der Waals surface area (Å²) in [6.45, 7) is 0. The maximum atomic E-state index is 9.32. The Morgan fingerprint density at radius 1 is 0.722 bits per heavy atom. The summed E-state index contributed by atoms with van der Waals surface area (Å²) in [7, 11) is -11.4. The third-order valence-corrected chi connectivity index (χ3v) is 1.80. The van der Waals surface area contributed by atoms with Gasteiger partial charge in [0.05, 0.1) is 20.7 Å². The van der Waals surface area contributed by atoms with Gasteiger partial charge in [-0.2, -0.15) is 0 Å². The van der Waals surface area contributed by atoms with E-state index in [4.69, 9.17) is 15.3 Å². The van der Waals surface area contributed by atoms with Crippen LogP contribution in [0.4, 0.5) is 0 Å². The van der Waals surface area contributed by atoms with E-state index >= 15 is 0 Å². The van der Waals surface area contributed by atoms with Crippen LogP contribution in [0.15, 0.2) is 0 Å². The van der Waals surface area contributed by atoms with E-state index in [1.807, 2.05) is 0 Å². The van der Waals surface area contributed by atoms with Gasteiger partial charge in [-0.25, -0.2) is 0 Å². The van der Waals surface area contributed by atoms with Crippen LogP contribution in [-0.4, -0.2) is 5.09 Å². The molecule has 0 aliphatic rings. The quantitative estimate of drug-likeness (QED) is 0.217. The van der Waals surface area contributed by atoms with Gasteiger partial charge in [0.25, 0.3) is 0 Å². The summed E-state index contributed by atoms with van der Waals surface area (Å²) in [6, 6.07) is 0. The minimum Gasteiger partial charge on any atom is -0.790 e. The fourth-order valence-electron chi connectivity index (χ4n) is 0.122. The number of hydrogen-bond acceptors (Lipinski definition) is 10. The molecular formula is H20N6O10P2. The molecule has 0 spiro atoms. The van der Waals surface area contributed by atoms with Gasteiger partial charge in [-0.05, 0) is 0 Å². The van der Waals surface area contributed by atoms with E-state index in [-0.39, 0.29) is 30.8 Å². The Morgan fingerprint density at radius 3 is 0.833 bits per heavy atom. The lowest BCUT2D eigenvalue weighted by molar-refractivity contribution is -0.402. The van der Waals surface area contributed by atoms with Gasteiger partial charge in [0.1, 0.15) is 0 Å². The molecule has 0 aromatic rings. The summed E-state index contributed by atoms with van der Waals surface area (Å²) in [6.07, 6.45) is 0. The van der Waals surface area contributed by atoms with Crippen molar-refractivity contribution in [3.63, 3.8) is 0 Å². The van der Waals surface area contributed by atoms with Crippen LogP contribution in [0.1, 0.15) is 0 Å². The first-order valence-electron chi connectivity index (χ1n) is 2.01. The molecule has 0 rings (SSSR count). The number of rotatable bonds is 2. The van der Waals surface area contributed by atoms with Crippen LogP contribution in [0.3, 0.4) is 0 Å². The van der Waals surface area contributed by atoms with Crippen LogP contribution in [0.5, 0.6) is 0 Å². The van der Waals surface area contributed by atoms with Gasteiger partial charge in [-0.3, -0.25) is 0 Å². The first-order chi connectivity index (χ1) is 5.44. The first kappa shape index (κ1) is 43.3. The molecule has 0 saturated heterocycles. The van der Waals surface area contributed by atoms with Gasteiger partial charge in [0.2, 0.25) is 0 Å². The highest BCUT2D eigenvalue weighted by Crippen LogP contribution is 2.42. The lowest BCUT2D eigenvalue weighted by Gasteiger charge is -2.39. The van der Waals surface area contributed by atoms with Crippen LogP contribution < -0.4 is 50.3 Å². The molecule has 18 heteroatoms. The van der Waals surface area contributed by atoms with E-state index in [0.717, 1.165) is 0 Å². The van der Waals surface area contributed by atoms with Crippen molar-refractivity contribution in [2.24, 2.45) is 0 Å². The van der Waals surface area contributed by atoms with Crippen molar-refractivity contribution in [1.82, 2.24) is 30.8 Å². The molecular weight excluding hydrogens is 306 g/mol. The zero-order valence-electron chi connectivity index (χ0n) is 10.4. The molecule has 120 valence electrons. The second kappa shape index (κ2) is 16.3. The molecule has 0 aromatic carbocycles. The van der Waals surface area contributed by atoms with Crippen LogP contribution in [0.25, 0.3) is 0 Å². The summed E-state index contributed by atoms with van der Waals surface area (Å²) >= 11 is 0. The van der Waals surface area contributed by atoms with Crippen molar-refractivity contribution >= 4 is 15.6 Å². The molecule has 0 heterocycles. The molecule has 0 radical (unpaired) electrons. The predicted molar refractivity (Wildman–Crippen MR) is 56.6 cm³/mol. The van der Waals surface area contributed by atoms with E-state index < -0.39 is 20.7 Å². The monoisotopic (exact) mass is 326 g/mol. The predicted octanol–water partition coefficient (Wildman–Crippen LogP) is -1.70. The van der Waals surface area contributed by atoms with E-state index in [9.17, 15) is 28.7 Å². The second-order valence-corrected chi connectivity index (χ2v) is 3.64. The normalized spacial score (nSPS) is 8.22.